The summed E-state index contributed by atoms with van der Waals surface area (Å²) in [6.07, 6.45) is 0.209. The van der Waals surface area contributed by atoms with E-state index in [9.17, 15) is 9.59 Å². The molecule has 3 nitrogen and oxygen atoms in total. The van der Waals surface area contributed by atoms with Crippen LogP contribution in [0.25, 0.3) is 10.4 Å². The third kappa shape index (κ3) is 3.08. The van der Waals surface area contributed by atoms with Gasteiger partial charge in [-0.25, -0.2) is 4.79 Å². The van der Waals surface area contributed by atoms with Gasteiger partial charge >= 0.3 is 5.97 Å². The van der Waals surface area contributed by atoms with E-state index in [1.807, 2.05) is 30.3 Å². The number of Topliss-reactive ketones (excluding diaryl/α,β-unsaturated/α-hetero) is 1. The smallest absolute Gasteiger partial charge is 0.339 e. The maximum Gasteiger partial charge on any atom is 0.339 e. The molecule has 0 aliphatic heterocycles. The Morgan fingerprint density at radius 3 is 2.55 bits per heavy atom. The number of rotatable bonds is 5. The first-order valence-electron chi connectivity index (χ1n) is 6.04. The summed E-state index contributed by atoms with van der Waals surface area (Å²) in [7, 11) is 1.30. The summed E-state index contributed by atoms with van der Waals surface area (Å²) in [5.74, 6) is -0.396. The Hall–Kier alpha value is -1.65. The van der Waals surface area contributed by atoms with E-state index in [1.54, 1.807) is 6.07 Å². The minimum absolute atomic E-state index is 0.132. The number of benzene rings is 1. The van der Waals surface area contributed by atoms with Gasteiger partial charge in [-0.05, 0) is 11.6 Å². The van der Waals surface area contributed by atoms with E-state index >= 15 is 0 Å². The Morgan fingerprint density at radius 1 is 1.25 bits per heavy atom. The van der Waals surface area contributed by atoms with Gasteiger partial charge in [0.2, 0.25) is 0 Å². The fourth-order valence-corrected chi connectivity index (χ4v) is 3.09. The molecule has 0 bridgehead atoms. The Bertz CT molecular complexity index is 619. The molecule has 0 atom stereocenters. The van der Waals surface area contributed by atoms with E-state index in [2.05, 4.69) is 0 Å². The molecular weight excluding hydrogens is 296 g/mol. The molecule has 0 aliphatic carbocycles. The van der Waals surface area contributed by atoms with Crippen LogP contribution in [0.4, 0.5) is 0 Å². The molecule has 0 amide bonds. The number of ether oxygens (including phenoxy) is 1. The van der Waals surface area contributed by atoms with E-state index < -0.39 is 5.97 Å². The zero-order valence-electron chi connectivity index (χ0n) is 10.9. The molecule has 1 aromatic carbocycles. The highest BCUT2D eigenvalue weighted by Crippen LogP contribution is 2.32. The van der Waals surface area contributed by atoms with E-state index in [-0.39, 0.29) is 18.1 Å². The van der Waals surface area contributed by atoms with Crippen molar-refractivity contribution in [3.63, 3.8) is 0 Å². The summed E-state index contributed by atoms with van der Waals surface area (Å²) in [6, 6.07) is 11.3. The van der Waals surface area contributed by atoms with Crippen LogP contribution in [0.15, 0.2) is 36.4 Å². The summed E-state index contributed by atoms with van der Waals surface area (Å²) in [5.41, 5.74) is 1.28. The number of methoxy groups -OCH3 is 1. The van der Waals surface area contributed by atoms with Crippen LogP contribution in [0.2, 0.25) is 0 Å². The van der Waals surface area contributed by atoms with Crippen molar-refractivity contribution in [3.05, 3.63) is 46.8 Å². The molecule has 0 unspecified atom stereocenters. The first-order chi connectivity index (χ1) is 9.67. The molecule has 0 radical (unpaired) electrons. The number of thiophene rings is 1. The van der Waals surface area contributed by atoms with Crippen molar-refractivity contribution in [3.8, 4) is 10.4 Å². The van der Waals surface area contributed by atoms with Crippen molar-refractivity contribution in [2.75, 3.05) is 13.0 Å². The van der Waals surface area contributed by atoms with Crippen molar-refractivity contribution in [1.29, 1.82) is 0 Å². The van der Waals surface area contributed by atoms with E-state index in [0.29, 0.717) is 10.4 Å². The molecule has 0 saturated heterocycles. The summed E-state index contributed by atoms with van der Waals surface area (Å²) in [6.45, 7) is 0. The molecule has 5 heteroatoms. The minimum Gasteiger partial charge on any atom is -0.465 e. The van der Waals surface area contributed by atoms with Gasteiger partial charge in [0, 0.05) is 17.2 Å². The van der Waals surface area contributed by atoms with Gasteiger partial charge in [-0.15, -0.1) is 22.9 Å². The monoisotopic (exact) mass is 308 g/mol. The van der Waals surface area contributed by atoms with Crippen LogP contribution in [0.5, 0.6) is 0 Å². The summed E-state index contributed by atoms with van der Waals surface area (Å²) in [4.78, 5) is 25.1. The van der Waals surface area contributed by atoms with Gasteiger partial charge < -0.3 is 4.74 Å². The van der Waals surface area contributed by atoms with Gasteiger partial charge in [0.25, 0.3) is 0 Å². The Kier molecular flexibility index (Phi) is 4.93. The lowest BCUT2D eigenvalue weighted by Crippen LogP contribution is -2.07. The maximum absolute atomic E-state index is 12.0. The summed E-state index contributed by atoms with van der Waals surface area (Å²) >= 11 is 6.90. The number of alkyl halides is 1. The third-order valence-electron chi connectivity index (χ3n) is 2.77. The van der Waals surface area contributed by atoms with Gasteiger partial charge in [0.05, 0.1) is 17.6 Å². The largest absolute Gasteiger partial charge is 0.465 e. The molecule has 1 heterocycles. The molecule has 0 spiro atoms. The number of carbonyl (C=O) groups excluding carboxylic acids is 2. The van der Waals surface area contributed by atoms with E-state index in [0.717, 1.165) is 10.4 Å². The molecule has 20 heavy (non-hydrogen) atoms. The molecule has 2 rings (SSSR count). The van der Waals surface area contributed by atoms with Crippen LogP contribution in [0, 0.1) is 0 Å². The van der Waals surface area contributed by atoms with Crippen LogP contribution in [0.3, 0.4) is 0 Å². The average Bonchev–Trinajstić information content (AvgIpc) is 2.93. The molecule has 0 fully saturated rings. The van der Waals surface area contributed by atoms with Gasteiger partial charge in [-0.2, -0.15) is 0 Å². The summed E-state index contributed by atoms with van der Waals surface area (Å²) < 4.78 is 4.74. The quantitative estimate of drug-likeness (QED) is 0.476. The number of hydrogen-bond acceptors (Lipinski definition) is 4. The highest BCUT2D eigenvalue weighted by atomic mass is 35.5. The zero-order valence-corrected chi connectivity index (χ0v) is 12.5. The molecule has 0 saturated carbocycles. The van der Waals surface area contributed by atoms with Crippen LogP contribution >= 0.6 is 22.9 Å². The van der Waals surface area contributed by atoms with E-state index in [1.165, 1.54) is 18.4 Å². The summed E-state index contributed by atoms with van der Waals surface area (Å²) in [5, 5.41) is 0. The Morgan fingerprint density at radius 2 is 1.95 bits per heavy atom. The van der Waals surface area contributed by atoms with Crippen molar-refractivity contribution >= 4 is 34.7 Å². The molecular formula is C15H13ClO3S. The van der Waals surface area contributed by atoms with Crippen LogP contribution in [-0.4, -0.2) is 24.7 Å². The average molecular weight is 309 g/mol. The number of halogens is 1. The first-order valence-corrected chi connectivity index (χ1v) is 7.39. The lowest BCUT2D eigenvalue weighted by Gasteiger charge is -1.99. The fourth-order valence-electron chi connectivity index (χ4n) is 1.80. The van der Waals surface area contributed by atoms with E-state index in [4.69, 9.17) is 16.3 Å². The van der Waals surface area contributed by atoms with Gasteiger partial charge in [-0.3, -0.25) is 4.79 Å². The van der Waals surface area contributed by atoms with Gasteiger partial charge in [0.15, 0.2) is 5.78 Å². The lowest BCUT2D eigenvalue weighted by atomic mass is 10.1. The van der Waals surface area contributed by atoms with Gasteiger partial charge in [0.1, 0.15) is 0 Å². The van der Waals surface area contributed by atoms with Crippen molar-refractivity contribution < 1.29 is 14.3 Å². The SMILES string of the molecule is COC(=O)c1cc(-c2ccccc2)sc1C(=O)CCCl. The normalized spacial score (nSPS) is 10.3. The topological polar surface area (TPSA) is 43.4 Å². The number of carbonyl (C=O) groups is 2. The highest BCUT2D eigenvalue weighted by Gasteiger charge is 2.22. The van der Waals surface area contributed by atoms with Crippen molar-refractivity contribution in [2.24, 2.45) is 0 Å². The van der Waals surface area contributed by atoms with Crippen molar-refractivity contribution in [1.82, 2.24) is 0 Å². The third-order valence-corrected chi connectivity index (χ3v) is 4.18. The number of hydrogen-bond donors (Lipinski definition) is 0. The second kappa shape index (κ2) is 6.68. The predicted octanol–water partition coefficient (Wildman–Crippen LogP) is 4.01. The highest BCUT2D eigenvalue weighted by molar-refractivity contribution is 7.17. The predicted molar refractivity (Wildman–Crippen MR) is 80.8 cm³/mol. The standard InChI is InChI=1S/C15H13ClO3S/c1-19-15(18)11-9-13(10-5-3-2-4-6-10)20-14(11)12(17)7-8-16/h2-6,9H,7-8H2,1H3. The van der Waals surface area contributed by atoms with Crippen LogP contribution < -0.4 is 0 Å². The minimum atomic E-state index is -0.499. The lowest BCUT2D eigenvalue weighted by molar-refractivity contribution is 0.0598. The molecule has 0 aliphatic rings. The maximum atomic E-state index is 12.0. The molecule has 2 aromatic rings. The molecule has 104 valence electrons. The van der Waals surface area contributed by atoms with Crippen molar-refractivity contribution in [2.45, 2.75) is 6.42 Å². The second-order valence-corrected chi connectivity index (χ2v) is 5.50. The number of ketones is 1. The fraction of sp³-hybridized carbons (Fsp3) is 0.200. The Balaban J connectivity index is 2.47. The molecule has 1 aromatic heterocycles. The molecule has 0 N–H and O–H groups in total. The second-order valence-electron chi connectivity index (χ2n) is 4.07. The van der Waals surface area contributed by atoms with Gasteiger partial charge in [-0.1, -0.05) is 30.3 Å². The van der Waals surface area contributed by atoms with Crippen LogP contribution in [0.1, 0.15) is 26.5 Å². The first kappa shape index (κ1) is 14.8. The zero-order chi connectivity index (χ0) is 14.5. The Labute approximate surface area is 126 Å². The number of esters is 1. The van der Waals surface area contributed by atoms with Crippen LogP contribution in [-0.2, 0) is 4.74 Å².